The van der Waals surface area contributed by atoms with E-state index < -0.39 is 0 Å². The van der Waals surface area contributed by atoms with Crippen LogP contribution in [0.1, 0.15) is 11.6 Å². The van der Waals surface area contributed by atoms with Gasteiger partial charge in [0.25, 0.3) is 0 Å². The van der Waals surface area contributed by atoms with Crippen LogP contribution in [-0.2, 0) is 0 Å². The Morgan fingerprint density at radius 3 is 2.60 bits per heavy atom. The first-order valence-corrected chi connectivity index (χ1v) is 5.90. The molecule has 1 aliphatic rings. The molecule has 0 bridgehead atoms. The van der Waals surface area contributed by atoms with E-state index in [-0.39, 0.29) is 6.04 Å². The van der Waals surface area contributed by atoms with Crippen LogP contribution in [0.3, 0.4) is 0 Å². The molecule has 1 fully saturated rings. The monoisotopic (exact) mass is 264 g/mol. The molecule has 1 aromatic rings. The molecule has 0 unspecified atom stereocenters. The fraction of sp³-hybridized carbons (Fsp3) is 0.400. The van der Waals surface area contributed by atoms with Crippen molar-refractivity contribution >= 4 is 34.8 Å². The third-order valence-corrected chi connectivity index (χ3v) is 3.47. The van der Waals surface area contributed by atoms with Crippen LogP contribution in [0.5, 0.6) is 0 Å². The highest BCUT2D eigenvalue weighted by Crippen LogP contribution is 2.33. The fourth-order valence-electron chi connectivity index (χ4n) is 1.70. The Bertz CT molecular complexity index is 362. The maximum atomic E-state index is 6.14. The van der Waals surface area contributed by atoms with Crippen molar-refractivity contribution in [3.8, 4) is 0 Å². The number of hydrogen-bond acceptors (Lipinski definition) is 2. The predicted octanol–water partition coefficient (Wildman–Crippen LogP) is 2.88. The average molecular weight is 266 g/mol. The maximum Gasteiger partial charge on any atom is 0.0641 e. The number of piperazine rings is 1. The van der Waals surface area contributed by atoms with Gasteiger partial charge in [0.05, 0.1) is 10.0 Å². The lowest BCUT2D eigenvalue weighted by Gasteiger charge is -2.26. The summed E-state index contributed by atoms with van der Waals surface area (Å²) < 4.78 is 0. The van der Waals surface area contributed by atoms with E-state index in [0.29, 0.717) is 15.1 Å². The molecular weight excluding hydrogens is 254 g/mol. The van der Waals surface area contributed by atoms with E-state index in [1.165, 1.54) is 0 Å². The molecule has 0 radical (unpaired) electrons. The summed E-state index contributed by atoms with van der Waals surface area (Å²) in [5.74, 6) is 0. The second-order valence-electron chi connectivity index (χ2n) is 3.50. The third kappa shape index (κ3) is 2.58. The lowest BCUT2D eigenvalue weighted by molar-refractivity contribution is 0.430. The molecule has 0 aliphatic carbocycles. The average Bonchev–Trinajstić information content (AvgIpc) is 2.24. The SMILES string of the molecule is Clc1cc(Cl)c(Cl)c([C@@H]2CNCCN2)c1. The van der Waals surface area contributed by atoms with Gasteiger partial charge in [-0.1, -0.05) is 34.8 Å². The van der Waals surface area contributed by atoms with Crippen LogP contribution in [0.15, 0.2) is 12.1 Å². The number of hydrogen-bond donors (Lipinski definition) is 2. The van der Waals surface area contributed by atoms with E-state index in [4.69, 9.17) is 34.8 Å². The number of rotatable bonds is 1. The van der Waals surface area contributed by atoms with Gasteiger partial charge < -0.3 is 10.6 Å². The molecular formula is C10H11Cl3N2. The number of benzene rings is 1. The molecule has 2 rings (SSSR count). The van der Waals surface area contributed by atoms with Crippen LogP contribution in [0.25, 0.3) is 0 Å². The maximum absolute atomic E-state index is 6.14. The van der Waals surface area contributed by atoms with Crippen LogP contribution in [0.2, 0.25) is 15.1 Å². The van der Waals surface area contributed by atoms with Crippen LogP contribution < -0.4 is 10.6 Å². The highest BCUT2D eigenvalue weighted by Gasteiger charge is 2.19. The van der Waals surface area contributed by atoms with E-state index >= 15 is 0 Å². The van der Waals surface area contributed by atoms with E-state index in [2.05, 4.69) is 10.6 Å². The summed E-state index contributed by atoms with van der Waals surface area (Å²) in [6.45, 7) is 2.74. The van der Waals surface area contributed by atoms with Gasteiger partial charge in [-0.3, -0.25) is 0 Å². The molecule has 0 aromatic heterocycles. The summed E-state index contributed by atoms with van der Waals surface area (Å²) in [6, 6.07) is 3.70. The zero-order valence-electron chi connectivity index (χ0n) is 7.99. The Labute approximate surface area is 104 Å². The Balaban J connectivity index is 2.33. The first-order valence-electron chi connectivity index (χ1n) is 4.77. The molecule has 2 nitrogen and oxygen atoms in total. The summed E-state index contributed by atoms with van der Waals surface area (Å²) in [6.07, 6.45) is 0. The first kappa shape index (κ1) is 11.5. The smallest absolute Gasteiger partial charge is 0.0641 e. The molecule has 1 saturated heterocycles. The fourth-order valence-corrected chi connectivity index (χ4v) is 2.45. The zero-order chi connectivity index (χ0) is 10.8. The summed E-state index contributed by atoms with van der Waals surface area (Å²) >= 11 is 18.1. The standard InChI is InChI=1S/C10H11Cl3N2/c11-6-3-7(10(13)8(12)4-6)9-5-14-1-2-15-9/h3-4,9,14-15H,1-2,5H2/t9-/m0/s1. The molecule has 1 heterocycles. The second-order valence-corrected chi connectivity index (χ2v) is 4.72. The minimum Gasteiger partial charge on any atom is -0.314 e. The van der Waals surface area contributed by atoms with Crippen molar-refractivity contribution in [1.82, 2.24) is 10.6 Å². The van der Waals surface area contributed by atoms with E-state index in [1.54, 1.807) is 6.07 Å². The van der Waals surface area contributed by atoms with E-state index in [9.17, 15) is 0 Å². The lowest BCUT2D eigenvalue weighted by atomic mass is 10.1. The molecule has 82 valence electrons. The summed E-state index contributed by atoms with van der Waals surface area (Å²) in [5.41, 5.74) is 0.960. The molecule has 0 spiro atoms. The van der Waals surface area contributed by atoms with Gasteiger partial charge in [-0.25, -0.2) is 0 Å². The largest absolute Gasteiger partial charge is 0.314 e. The van der Waals surface area contributed by atoms with Gasteiger partial charge in [-0.2, -0.15) is 0 Å². The van der Waals surface area contributed by atoms with E-state index in [0.717, 1.165) is 25.2 Å². The topological polar surface area (TPSA) is 24.1 Å². The van der Waals surface area contributed by atoms with Crippen LogP contribution in [0.4, 0.5) is 0 Å². The molecule has 2 N–H and O–H groups in total. The molecule has 1 atom stereocenters. The van der Waals surface area contributed by atoms with Gasteiger partial charge in [0, 0.05) is 30.7 Å². The summed E-state index contributed by atoms with van der Waals surface area (Å²) in [5, 5.41) is 8.37. The summed E-state index contributed by atoms with van der Waals surface area (Å²) in [4.78, 5) is 0. The van der Waals surface area contributed by atoms with Crippen molar-refractivity contribution in [2.24, 2.45) is 0 Å². The third-order valence-electron chi connectivity index (χ3n) is 2.44. The highest BCUT2D eigenvalue weighted by molar-refractivity contribution is 6.43. The van der Waals surface area contributed by atoms with Crippen molar-refractivity contribution in [2.75, 3.05) is 19.6 Å². The Morgan fingerprint density at radius 2 is 1.93 bits per heavy atom. The highest BCUT2D eigenvalue weighted by atomic mass is 35.5. The van der Waals surface area contributed by atoms with Gasteiger partial charge in [-0.05, 0) is 17.7 Å². The predicted molar refractivity (Wildman–Crippen MR) is 65.1 cm³/mol. The van der Waals surface area contributed by atoms with Crippen LogP contribution in [-0.4, -0.2) is 19.6 Å². The van der Waals surface area contributed by atoms with Crippen LogP contribution in [0, 0.1) is 0 Å². The second kappa shape index (κ2) is 4.89. The first-order chi connectivity index (χ1) is 7.18. The van der Waals surface area contributed by atoms with E-state index in [1.807, 2.05) is 6.07 Å². The Morgan fingerprint density at radius 1 is 1.13 bits per heavy atom. The molecule has 1 aromatic carbocycles. The quantitative estimate of drug-likeness (QED) is 0.763. The van der Waals surface area contributed by atoms with Gasteiger partial charge >= 0.3 is 0 Å². The van der Waals surface area contributed by atoms with Gasteiger partial charge in [0.15, 0.2) is 0 Å². The van der Waals surface area contributed by atoms with Crippen molar-refractivity contribution < 1.29 is 0 Å². The zero-order valence-corrected chi connectivity index (χ0v) is 10.3. The minimum absolute atomic E-state index is 0.183. The van der Waals surface area contributed by atoms with Crippen molar-refractivity contribution in [2.45, 2.75) is 6.04 Å². The molecule has 0 amide bonds. The van der Waals surface area contributed by atoms with Gasteiger partial charge in [0.2, 0.25) is 0 Å². The number of nitrogens with one attached hydrogen (secondary N) is 2. The van der Waals surface area contributed by atoms with Crippen LogP contribution >= 0.6 is 34.8 Å². The lowest BCUT2D eigenvalue weighted by Crippen LogP contribution is -2.42. The Kier molecular flexibility index (Phi) is 3.75. The Hall–Kier alpha value is 0.01000. The molecule has 1 aliphatic heterocycles. The van der Waals surface area contributed by atoms with Gasteiger partial charge in [0.1, 0.15) is 0 Å². The van der Waals surface area contributed by atoms with Gasteiger partial charge in [-0.15, -0.1) is 0 Å². The van der Waals surface area contributed by atoms with Crippen molar-refractivity contribution in [3.63, 3.8) is 0 Å². The normalized spacial score (nSPS) is 21.7. The number of halogens is 3. The van der Waals surface area contributed by atoms with Crippen molar-refractivity contribution in [3.05, 3.63) is 32.8 Å². The molecule has 0 saturated carbocycles. The minimum atomic E-state index is 0.183. The van der Waals surface area contributed by atoms with Crippen molar-refractivity contribution in [1.29, 1.82) is 0 Å². The molecule has 5 heteroatoms. The summed E-state index contributed by atoms with van der Waals surface area (Å²) in [7, 11) is 0. The molecule has 15 heavy (non-hydrogen) atoms.